The minimum Gasteiger partial charge on any atom is -0.348 e. The number of rotatable bonds is 4. The van der Waals surface area contributed by atoms with Crippen molar-refractivity contribution in [1.82, 2.24) is 5.32 Å². The zero-order valence-electron chi connectivity index (χ0n) is 9.34. The fourth-order valence-electron chi connectivity index (χ4n) is 1.27. The SMILES string of the molecule is CC(C)C(CI)NC(=O)c1ccccc1I. The van der Waals surface area contributed by atoms with Gasteiger partial charge in [0.05, 0.1) is 5.56 Å². The zero-order valence-corrected chi connectivity index (χ0v) is 13.7. The average Bonchev–Trinajstić information content (AvgIpc) is 2.25. The van der Waals surface area contributed by atoms with Gasteiger partial charge in [0.1, 0.15) is 0 Å². The van der Waals surface area contributed by atoms with Gasteiger partial charge in [-0.3, -0.25) is 4.79 Å². The summed E-state index contributed by atoms with van der Waals surface area (Å²) in [6, 6.07) is 7.89. The highest BCUT2D eigenvalue weighted by atomic mass is 127. The molecule has 0 heterocycles. The Morgan fingerprint density at radius 2 is 2.00 bits per heavy atom. The first-order valence-electron chi connectivity index (χ1n) is 5.17. The van der Waals surface area contributed by atoms with Gasteiger partial charge in [-0.1, -0.05) is 48.6 Å². The molecule has 0 aliphatic rings. The molecule has 0 aliphatic carbocycles. The Bertz CT molecular complexity index is 366. The van der Waals surface area contributed by atoms with Crippen LogP contribution in [-0.4, -0.2) is 16.4 Å². The number of nitrogens with one attached hydrogen (secondary N) is 1. The first-order chi connectivity index (χ1) is 7.56. The molecule has 1 amide bonds. The number of benzene rings is 1. The van der Waals surface area contributed by atoms with Crippen LogP contribution in [0, 0.1) is 9.49 Å². The lowest BCUT2D eigenvalue weighted by molar-refractivity contribution is 0.0931. The molecule has 0 bridgehead atoms. The van der Waals surface area contributed by atoms with Gasteiger partial charge in [-0.05, 0) is 40.6 Å². The number of carbonyl (C=O) groups excluding carboxylic acids is 1. The van der Waals surface area contributed by atoms with E-state index in [2.05, 4.69) is 64.3 Å². The third-order valence-corrected chi connectivity index (χ3v) is 4.30. The van der Waals surface area contributed by atoms with E-state index in [0.717, 1.165) is 13.6 Å². The van der Waals surface area contributed by atoms with Crippen LogP contribution in [0.25, 0.3) is 0 Å². The summed E-state index contributed by atoms with van der Waals surface area (Å²) in [5.74, 6) is 0.489. The van der Waals surface area contributed by atoms with Crippen molar-refractivity contribution >= 4 is 51.1 Å². The smallest absolute Gasteiger partial charge is 0.252 e. The van der Waals surface area contributed by atoms with Crippen molar-refractivity contribution in [1.29, 1.82) is 0 Å². The Hall–Kier alpha value is 0.150. The molecule has 1 atom stereocenters. The standard InChI is InChI=1S/C12H15I2NO/c1-8(2)11(7-13)15-12(16)9-5-3-4-6-10(9)14/h3-6,8,11H,7H2,1-2H3,(H,15,16). The van der Waals surface area contributed by atoms with E-state index in [-0.39, 0.29) is 11.9 Å². The number of amides is 1. The molecular weight excluding hydrogens is 428 g/mol. The van der Waals surface area contributed by atoms with Gasteiger partial charge in [0.15, 0.2) is 0 Å². The zero-order chi connectivity index (χ0) is 12.1. The lowest BCUT2D eigenvalue weighted by Gasteiger charge is -2.20. The van der Waals surface area contributed by atoms with Crippen molar-refractivity contribution in [2.45, 2.75) is 19.9 Å². The molecule has 0 fully saturated rings. The van der Waals surface area contributed by atoms with Gasteiger partial charge in [0, 0.05) is 14.0 Å². The predicted octanol–water partition coefficient (Wildman–Crippen LogP) is 3.48. The van der Waals surface area contributed by atoms with Crippen molar-refractivity contribution in [2.75, 3.05) is 4.43 Å². The maximum Gasteiger partial charge on any atom is 0.252 e. The Morgan fingerprint density at radius 3 is 2.50 bits per heavy atom. The molecule has 1 unspecified atom stereocenters. The lowest BCUT2D eigenvalue weighted by atomic mass is 10.1. The molecule has 2 nitrogen and oxygen atoms in total. The summed E-state index contributed by atoms with van der Waals surface area (Å²) < 4.78 is 1.93. The molecule has 1 aromatic rings. The quantitative estimate of drug-likeness (QED) is 0.561. The van der Waals surface area contributed by atoms with E-state index in [0.29, 0.717) is 5.92 Å². The van der Waals surface area contributed by atoms with Crippen LogP contribution in [0.15, 0.2) is 24.3 Å². The van der Waals surface area contributed by atoms with Crippen LogP contribution in [0.1, 0.15) is 24.2 Å². The maximum atomic E-state index is 12.0. The molecule has 88 valence electrons. The van der Waals surface area contributed by atoms with E-state index in [9.17, 15) is 4.79 Å². The van der Waals surface area contributed by atoms with Crippen LogP contribution in [-0.2, 0) is 0 Å². The highest BCUT2D eigenvalue weighted by Gasteiger charge is 2.16. The number of halogens is 2. The first-order valence-corrected chi connectivity index (χ1v) is 7.78. The minimum absolute atomic E-state index is 0.0281. The summed E-state index contributed by atoms with van der Waals surface area (Å²) in [6.07, 6.45) is 0. The fraction of sp³-hybridized carbons (Fsp3) is 0.417. The normalized spacial score (nSPS) is 12.6. The summed E-state index contributed by atoms with van der Waals surface area (Å²) in [4.78, 5) is 12.0. The van der Waals surface area contributed by atoms with E-state index in [1.165, 1.54) is 0 Å². The van der Waals surface area contributed by atoms with Crippen molar-refractivity contribution in [3.8, 4) is 0 Å². The minimum atomic E-state index is 0.0281. The molecule has 0 spiro atoms. The third-order valence-electron chi connectivity index (χ3n) is 2.41. The van der Waals surface area contributed by atoms with Gasteiger partial charge in [0.25, 0.3) is 5.91 Å². The van der Waals surface area contributed by atoms with E-state index < -0.39 is 0 Å². The van der Waals surface area contributed by atoms with Crippen LogP contribution in [0.2, 0.25) is 0 Å². The Balaban J connectivity index is 2.76. The molecule has 0 saturated heterocycles. The highest BCUT2D eigenvalue weighted by molar-refractivity contribution is 14.1. The van der Waals surface area contributed by atoms with Gasteiger partial charge >= 0.3 is 0 Å². The van der Waals surface area contributed by atoms with Gasteiger partial charge < -0.3 is 5.32 Å². The number of hydrogen-bond donors (Lipinski definition) is 1. The van der Waals surface area contributed by atoms with E-state index in [1.807, 2.05) is 24.3 Å². The largest absolute Gasteiger partial charge is 0.348 e. The van der Waals surface area contributed by atoms with Crippen molar-refractivity contribution < 1.29 is 4.79 Å². The monoisotopic (exact) mass is 443 g/mol. The summed E-state index contributed by atoms with van der Waals surface area (Å²) in [5.41, 5.74) is 0.763. The van der Waals surface area contributed by atoms with Crippen LogP contribution >= 0.6 is 45.2 Å². The van der Waals surface area contributed by atoms with E-state index in [4.69, 9.17) is 0 Å². The molecule has 1 rings (SSSR count). The Morgan fingerprint density at radius 1 is 1.38 bits per heavy atom. The Kier molecular flexibility index (Phi) is 6.02. The molecule has 0 saturated carbocycles. The van der Waals surface area contributed by atoms with Crippen LogP contribution in [0.5, 0.6) is 0 Å². The molecule has 1 aromatic carbocycles. The number of hydrogen-bond acceptors (Lipinski definition) is 1. The van der Waals surface area contributed by atoms with E-state index >= 15 is 0 Å². The molecule has 0 aromatic heterocycles. The first kappa shape index (κ1) is 14.2. The second kappa shape index (κ2) is 6.78. The summed E-state index contributed by atoms with van der Waals surface area (Å²) in [6.45, 7) is 4.25. The molecule has 1 N–H and O–H groups in total. The third kappa shape index (κ3) is 3.87. The molecule has 4 heteroatoms. The molecule has 0 aliphatic heterocycles. The van der Waals surface area contributed by atoms with Crippen molar-refractivity contribution in [3.63, 3.8) is 0 Å². The lowest BCUT2D eigenvalue weighted by Crippen LogP contribution is -2.40. The van der Waals surface area contributed by atoms with E-state index in [1.54, 1.807) is 0 Å². The predicted molar refractivity (Wildman–Crippen MR) is 84.1 cm³/mol. The van der Waals surface area contributed by atoms with Crippen LogP contribution in [0.4, 0.5) is 0 Å². The van der Waals surface area contributed by atoms with Crippen molar-refractivity contribution in [2.24, 2.45) is 5.92 Å². The summed E-state index contributed by atoms with van der Waals surface area (Å²) in [7, 11) is 0. The second-order valence-corrected chi connectivity index (χ2v) is 6.00. The topological polar surface area (TPSA) is 29.1 Å². The van der Waals surface area contributed by atoms with Gasteiger partial charge in [-0.25, -0.2) is 0 Å². The molecule has 0 radical (unpaired) electrons. The second-order valence-electron chi connectivity index (χ2n) is 3.96. The number of alkyl halides is 1. The van der Waals surface area contributed by atoms with Crippen LogP contribution in [0.3, 0.4) is 0 Å². The van der Waals surface area contributed by atoms with Crippen molar-refractivity contribution in [3.05, 3.63) is 33.4 Å². The fourth-order valence-corrected chi connectivity index (χ4v) is 3.14. The molecule has 16 heavy (non-hydrogen) atoms. The highest BCUT2D eigenvalue weighted by Crippen LogP contribution is 2.13. The number of carbonyl (C=O) groups is 1. The molecular formula is C12H15I2NO. The van der Waals surface area contributed by atoms with Crippen LogP contribution < -0.4 is 5.32 Å². The van der Waals surface area contributed by atoms with Gasteiger partial charge in [0.2, 0.25) is 0 Å². The summed E-state index contributed by atoms with van der Waals surface area (Å²) >= 11 is 4.50. The maximum absolute atomic E-state index is 12.0. The Labute approximate surface area is 124 Å². The average molecular weight is 443 g/mol. The van der Waals surface area contributed by atoms with Gasteiger partial charge in [-0.2, -0.15) is 0 Å². The van der Waals surface area contributed by atoms with Gasteiger partial charge in [-0.15, -0.1) is 0 Å². The summed E-state index contributed by atoms with van der Waals surface area (Å²) in [5, 5.41) is 3.07.